The van der Waals surface area contributed by atoms with Gasteiger partial charge >= 0.3 is 11.9 Å². The minimum Gasteiger partial charge on any atom is -0.756 e. The molecule has 0 heterocycles. The highest BCUT2D eigenvalue weighted by Gasteiger charge is 2.21. The first-order chi connectivity index (χ1) is 26.0. The summed E-state index contributed by atoms with van der Waals surface area (Å²) in [6, 6.07) is 0. The van der Waals surface area contributed by atoms with Crippen LogP contribution in [0.3, 0.4) is 0 Å². The number of quaternary nitrogens is 1. The van der Waals surface area contributed by atoms with E-state index in [4.69, 9.17) is 18.5 Å². The van der Waals surface area contributed by atoms with Crippen molar-refractivity contribution < 1.29 is 42.1 Å². The number of ether oxygens (including phenoxy) is 2. The van der Waals surface area contributed by atoms with Gasteiger partial charge in [-0.3, -0.25) is 14.2 Å². The monoisotopic (exact) mass is 776 g/mol. The molecule has 0 rings (SSSR count). The van der Waals surface area contributed by atoms with Gasteiger partial charge in [-0.15, -0.1) is 0 Å². The number of nitrogens with zero attached hydrogens (tertiary/aromatic N) is 1. The van der Waals surface area contributed by atoms with E-state index in [1.54, 1.807) is 0 Å². The van der Waals surface area contributed by atoms with Gasteiger partial charge in [0.2, 0.25) is 0 Å². The average molecular weight is 776 g/mol. The molecule has 0 aliphatic rings. The number of carbonyl (C=O) groups excluding carboxylic acids is 2. The zero-order chi connectivity index (χ0) is 40.0. The van der Waals surface area contributed by atoms with Crippen molar-refractivity contribution in [2.45, 2.75) is 136 Å². The minimum atomic E-state index is -4.65. The molecular formula is C44H74NO8P. The van der Waals surface area contributed by atoms with Gasteiger partial charge in [0.25, 0.3) is 7.82 Å². The van der Waals surface area contributed by atoms with Crippen molar-refractivity contribution in [3.63, 3.8) is 0 Å². The second-order valence-corrected chi connectivity index (χ2v) is 15.7. The molecule has 9 nitrogen and oxygen atoms in total. The molecule has 0 saturated carbocycles. The van der Waals surface area contributed by atoms with Crippen LogP contribution in [0.1, 0.15) is 129 Å². The number of likely N-dealkylation sites (N-methyl/N-ethyl adjacent to an activating group) is 1. The number of rotatable bonds is 35. The van der Waals surface area contributed by atoms with Crippen molar-refractivity contribution in [1.82, 2.24) is 0 Å². The summed E-state index contributed by atoms with van der Waals surface area (Å²) in [5.74, 6) is -0.955. The average Bonchev–Trinajstić information content (AvgIpc) is 3.12. The van der Waals surface area contributed by atoms with Gasteiger partial charge in [-0.2, -0.15) is 0 Å². The lowest BCUT2D eigenvalue weighted by molar-refractivity contribution is -0.870. The van der Waals surface area contributed by atoms with Crippen LogP contribution < -0.4 is 4.89 Å². The summed E-state index contributed by atoms with van der Waals surface area (Å²) in [6.07, 6.45) is 44.9. The van der Waals surface area contributed by atoms with Crippen LogP contribution in [-0.4, -0.2) is 70.0 Å². The first kappa shape index (κ1) is 51.2. The Morgan fingerprint density at radius 3 is 1.65 bits per heavy atom. The molecule has 0 aromatic heterocycles. The largest absolute Gasteiger partial charge is 0.756 e. The van der Waals surface area contributed by atoms with Crippen LogP contribution in [0.5, 0.6) is 0 Å². The Labute approximate surface area is 329 Å². The zero-order valence-corrected chi connectivity index (χ0v) is 35.3. The molecule has 0 aliphatic carbocycles. The van der Waals surface area contributed by atoms with E-state index in [9.17, 15) is 19.0 Å². The van der Waals surface area contributed by atoms with E-state index in [0.29, 0.717) is 23.9 Å². The maximum absolute atomic E-state index is 12.6. The van der Waals surface area contributed by atoms with Crippen LogP contribution in [0.15, 0.2) is 85.1 Å². The molecule has 0 aliphatic heterocycles. The predicted molar refractivity (Wildman–Crippen MR) is 222 cm³/mol. The highest BCUT2D eigenvalue weighted by Crippen LogP contribution is 2.38. The molecule has 0 aromatic carbocycles. The lowest BCUT2D eigenvalue weighted by Crippen LogP contribution is -2.37. The summed E-state index contributed by atoms with van der Waals surface area (Å²) < 4.78 is 33.7. The Balaban J connectivity index is 4.56. The molecule has 308 valence electrons. The number of hydrogen-bond acceptors (Lipinski definition) is 8. The van der Waals surface area contributed by atoms with Gasteiger partial charge < -0.3 is 27.9 Å². The van der Waals surface area contributed by atoms with E-state index in [1.807, 2.05) is 33.3 Å². The summed E-state index contributed by atoms with van der Waals surface area (Å²) in [7, 11) is 1.10. The summed E-state index contributed by atoms with van der Waals surface area (Å²) in [6.45, 7) is 3.94. The van der Waals surface area contributed by atoms with Gasteiger partial charge in [-0.05, 0) is 70.6 Å². The van der Waals surface area contributed by atoms with Crippen molar-refractivity contribution in [2.24, 2.45) is 0 Å². The summed E-state index contributed by atoms with van der Waals surface area (Å²) in [5, 5.41) is 0. The first-order valence-electron chi connectivity index (χ1n) is 20.3. The highest BCUT2D eigenvalue weighted by atomic mass is 31.2. The number of hydrogen-bond donors (Lipinski definition) is 0. The van der Waals surface area contributed by atoms with E-state index < -0.39 is 32.5 Å². The van der Waals surface area contributed by atoms with E-state index in [2.05, 4.69) is 86.8 Å². The van der Waals surface area contributed by atoms with Gasteiger partial charge in [0, 0.05) is 12.8 Å². The maximum atomic E-state index is 12.6. The van der Waals surface area contributed by atoms with Crippen LogP contribution >= 0.6 is 7.82 Å². The van der Waals surface area contributed by atoms with Gasteiger partial charge in [0.1, 0.15) is 19.8 Å². The van der Waals surface area contributed by atoms with E-state index in [-0.39, 0.29) is 26.1 Å². The lowest BCUT2D eigenvalue weighted by Gasteiger charge is -2.28. The molecule has 1 unspecified atom stereocenters. The maximum Gasteiger partial charge on any atom is 0.306 e. The molecule has 0 N–H and O–H groups in total. The second kappa shape index (κ2) is 35.9. The summed E-state index contributed by atoms with van der Waals surface area (Å²) >= 11 is 0. The fourth-order valence-electron chi connectivity index (χ4n) is 4.72. The Morgan fingerprint density at radius 1 is 0.593 bits per heavy atom. The fourth-order valence-corrected chi connectivity index (χ4v) is 5.45. The third-order valence-corrected chi connectivity index (χ3v) is 8.88. The second-order valence-electron chi connectivity index (χ2n) is 14.3. The number of phosphoric acid groups is 1. The van der Waals surface area contributed by atoms with Crippen molar-refractivity contribution in [2.75, 3.05) is 47.5 Å². The molecule has 0 radical (unpaired) electrons. The van der Waals surface area contributed by atoms with Crippen LogP contribution in [-0.2, 0) is 32.7 Å². The molecule has 0 fully saturated rings. The Kier molecular flexibility index (Phi) is 34.0. The topological polar surface area (TPSA) is 111 Å². The Morgan fingerprint density at radius 2 is 1.09 bits per heavy atom. The fraction of sp³-hybridized carbons (Fsp3) is 0.636. The van der Waals surface area contributed by atoms with Crippen LogP contribution in [0, 0.1) is 0 Å². The molecule has 0 spiro atoms. The number of esters is 2. The molecule has 54 heavy (non-hydrogen) atoms. The first-order valence-corrected chi connectivity index (χ1v) is 21.8. The Hall–Kier alpha value is -2.81. The molecule has 0 amide bonds. The van der Waals surface area contributed by atoms with Crippen molar-refractivity contribution in [3.05, 3.63) is 85.1 Å². The highest BCUT2D eigenvalue weighted by molar-refractivity contribution is 7.45. The quantitative estimate of drug-likeness (QED) is 0.0206. The molecule has 0 aromatic rings. The predicted octanol–water partition coefficient (Wildman–Crippen LogP) is 10.6. The molecule has 0 bridgehead atoms. The van der Waals surface area contributed by atoms with Crippen molar-refractivity contribution in [1.29, 1.82) is 0 Å². The van der Waals surface area contributed by atoms with Crippen molar-refractivity contribution in [3.8, 4) is 0 Å². The molecule has 0 saturated heterocycles. The third-order valence-electron chi connectivity index (χ3n) is 7.91. The van der Waals surface area contributed by atoms with Gasteiger partial charge in [-0.1, -0.05) is 131 Å². The number of unbranched alkanes of at least 4 members (excludes halogenated alkanes) is 7. The van der Waals surface area contributed by atoms with E-state index in [1.165, 1.54) is 12.8 Å². The lowest BCUT2D eigenvalue weighted by atomic mass is 10.1. The number of carbonyl (C=O) groups is 2. The van der Waals surface area contributed by atoms with E-state index in [0.717, 1.165) is 77.0 Å². The number of phosphoric ester groups is 1. The summed E-state index contributed by atoms with van der Waals surface area (Å²) in [4.78, 5) is 37.3. The third kappa shape index (κ3) is 38.9. The van der Waals surface area contributed by atoms with Crippen molar-refractivity contribution >= 4 is 19.8 Å². The van der Waals surface area contributed by atoms with E-state index >= 15 is 0 Å². The normalized spacial score (nSPS) is 14.6. The molecule has 2 atom stereocenters. The van der Waals surface area contributed by atoms with Gasteiger partial charge in [-0.25, -0.2) is 0 Å². The minimum absolute atomic E-state index is 0.0503. The Bertz CT molecular complexity index is 1200. The molecular weight excluding hydrogens is 701 g/mol. The molecule has 10 heteroatoms. The van der Waals surface area contributed by atoms with Crippen LogP contribution in [0.25, 0.3) is 0 Å². The van der Waals surface area contributed by atoms with Gasteiger partial charge in [0.05, 0.1) is 27.7 Å². The number of allylic oxidation sites excluding steroid dienone is 14. The zero-order valence-electron chi connectivity index (χ0n) is 34.4. The van der Waals surface area contributed by atoms with Crippen LogP contribution in [0.4, 0.5) is 0 Å². The summed E-state index contributed by atoms with van der Waals surface area (Å²) in [5.41, 5.74) is 0. The SMILES string of the molecule is CC/C=C\C/C=C\C/C=C\C/C=C\C/C=C\C/C=C\CCC(=O)O[C@H](COC(=O)CCCCCCC/C=C\CCCC)COP(=O)([O-])OCC[N+](C)(C)C. The standard InChI is InChI=1S/C44H74NO8P/c1-6-8-10-12-14-16-18-19-20-21-22-23-24-25-27-29-31-33-35-37-44(47)53-42(41-52-54(48,49)51-39-38-45(3,4)5)40-50-43(46)36-34-32-30-28-26-17-15-13-11-9-7-2/h8,10,13-16,19-20,22-23,25,27,31,33,42H,6-7,9,11-12,17-18,21,24,26,28-30,32,34-41H2,1-5H3/b10-8-,15-13-,16-14-,20-19-,23-22-,27-25-,33-31-/t42-/m1/s1. The van der Waals surface area contributed by atoms with Gasteiger partial charge in [0.15, 0.2) is 6.10 Å². The smallest absolute Gasteiger partial charge is 0.306 e. The van der Waals surface area contributed by atoms with Crippen LogP contribution in [0.2, 0.25) is 0 Å².